The number of nitrogens with zero attached hydrogens (tertiary/aromatic N) is 1. The molecule has 25 heavy (non-hydrogen) atoms. The average Bonchev–Trinajstić information content (AvgIpc) is 2.64. The second-order valence-electron chi connectivity index (χ2n) is 5.14. The van der Waals surface area contributed by atoms with Gasteiger partial charge in [0.15, 0.2) is 0 Å². The number of carbonyl (C=O) groups excluding carboxylic acids is 2. The van der Waals surface area contributed by atoms with E-state index in [4.69, 9.17) is 9.47 Å². The van der Waals surface area contributed by atoms with Gasteiger partial charge in [0.1, 0.15) is 17.4 Å². The van der Waals surface area contributed by atoms with E-state index < -0.39 is 18.2 Å². The van der Waals surface area contributed by atoms with Gasteiger partial charge in [-0.05, 0) is 25.0 Å². The molecule has 0 amide bonds. The molecular formula is C17H20N2O6. The van der Waals surface area contributed by atoms with Crippen LogP contribution in [0.1, 0.15) is 31.7 Å². The van der Waals surface area contributed by atoms with Gasteiger partial charge in [-0.3, -0.25) is 4.98 Å². The minimum atomic E-state index is -0.873. The van der Waals surface area contributed by atoms with Crippen LogP contribution in [0.2, 0.25) is 0 Å². The van der Waals surface area contributed by atoms with Gasteiger partial charge in [0, 0.05) is 12.4 Å². The lowest BCUT2D eigenvalue weighted by Gasteiger charge is -2.30. The Balaban J connectivity index is 2.55. The first-order chi connectivity index (χ1) is 12.0. The Labute approximate surface area is 145 Å². The molecule has 1 aliphatic heterocycles. The van der Waals surface area contributed by atoms with E-state index in [0.717, 1.165) is 0 Å². The molecule has 0 aliphatic carbocycles. The summed E-state index contributed by atoms with van der Waals surface area (Å²) in [5, 5.41) is 3.10. The van der Waals surface area contributed by atoms with E-state index in [9.17, 15) is 9.59 Å². The third kappa shape index (κ3) is 4.09. The van der Waals surface area contributed by atoms with Crippen LogP contribution in [-0.2, 0) is 18.9 Å². The summed E-state index contributed by atoms with van der Waals surface area (Å²) in [5.41, 5.74) is 1.97. The van der Waals surface area contributed by atoms with Gasteiger partial charge < -0.3 is 24.3 Å². The van der Waals surface area contributed by atoms with E-state index in [2.05, 4.69) is 19.8 Å². The van der Waals surface area contributed by atoms with Crippen molar-refractivity contribution in [1.29, 1.82) is 0 Å². The van der Waals surface area contributed by atoms with E-state index in [0.29, 0.717) is 23.4 Å². The molecule has 1 unspecified atom stereocenters. The molecule has 1 aliphatic rings. The number of ether oxygens (including phenoxy) is 4. The Morgan fingerprint density at radius 2 is 1.80 bits per heavy atom. The fourth-order valence-corrected chi connectivity index (χ4v) is 2.49. The molecule has 1 aromatic rings. The van der Waals surface area contributed by atoms with Gasteiger partial charge in [0.2, 0.25) is 0 Å². The first-order valence-electron chi connectivity index (χ1n) is 7.64. The molecular weight excluding hydrogens is 328 g/mol. The number of methoxy groups -OCH3 is 2. The Bertz CT molecular complexity index is 711. The van der Waals surface area contributed by atoms with Crippen LogP contribution in [0.4, 0.5) is 9.59 Å². The van der Waals surface area contributed by atoms with Crippen LogP contribution in [0.3, 0.4) is 0 Å². The molecule has 134 valence electrons. The minimum Gasteiger partial charge on any atom is -0.437 e. The number of nitrogens with one attached hydrogen (secondary N) is 1. The number of dihydropyridines is 1. The number of hydrogen-bond acceptors (Lipinski definition) is 8. The third-order valence-electron chi connectivity index (χ3n) is 3.62. The van der Waals surface area contributed by atoms with Crippen molar-refractivity contribution >= 4 is 12.3 Å². The SMILES string of the molecule is CCC1=C(OC(=O)OC)C(c2cccnc2)C(OC(=O)OC)=C(C)N1. The molecule has 0 spiro atoms. The lowest BCUT2D eigenvalue weighted by Crippen LogP contribution is -2.29. The summed E-state index contributed by atoms with van der Waals surface area (Å²) in [7, 11) is 2.43. The molecule has 8 nitrogen and oxygen atoms in total. The Hall–Kier alpha value is -3.03. The Morgan fingerprint density at radius 3 is 2.32 bits per heavy atom. The number of carbonyl (C=O) groups is 2. The maximum absolute atomic E-state index is 11.7. The topological polar surface area (TPSA) is 96.0 Å². The highest BCUT2D eigenvalue weighted by molar-refractivity contribution is 5.64. The lowest BCUT2D eigenvalue weighted by atomic mass is 9.91. The number of rotatable bonds is 4. The predicted molar refractivity (Wildman–Crippen MR) is 87.1 cm³/mol. The van der Waals surface area contributed by atoms with Crippen LogP contribution in [0.15, 0.2) is 47.4 Å². The smallest absolute Gasteiger partial charge is 0.437 e. The molecule has 2 rings (SSSR count). The van der Waals surface area contributed by atoms with Crippen molar-refractivity contribution in [3.8, 4) is 0 Å². The maximum atomic E-state index is 11.7. The van der Waals surface area contributed by atoms with Crippen LogP contribution in [0.25, 0.3) is 0 Å². The van der Waals surface area contributed by atoms with E-state index in [-0.39, 0.29) is 11.5 Å². The van der Waals surface area contributed by atoms with Crippen LogP contribution < -0.4 is 5.32 Å². The highest BCUT2D eigenvalue weighted by Gasteiger charge is 2.36. The van der Waals surface area contributed by atoms with Crippen molar-refractivity contribution in [3.05, 3.63) is 53.0 Å². The zero-order valence-electron chi connectivity index (χ0n) is 14.5. The summed E-state index contributed by atoms with van der Waals surface area (Å²) in [6.07, 6.45) is 2.05. The summed E-state index contributed by atoms with van der Waals surface area (Å²) < 4.78 is 19.9. The third-order valence-corrected chi connectivity index (χ3v) is 3.62. The van der Waals surface area contributed by atoms with Gasteiger partial charge in [-0.2, -0.15) is 0 Å². The fraction of sp³-hybridized carbons (Fsp3) is 0.353. The second kappa shape index (κ2) is 8.18. The summed E-state index contributed by atoms with van der Waals surface area (Å²) in [4.78, 5) is 27.5. The summed E-state index contributed by atoms with van der Waals surface area (Å²) >= 11 is 0. The molecule has 8 heteroatoms. The monoisotopic (exact) mass is 348 g/mol. The van der Waals surface area contributed by atoms with Crippen LogP contribution in [0.5, 0.6) is 0 Å². The van der Waals surface area contributed by atoms with Crippen LogP contribution in [0, 0.1) is 0 Å². The van der Waals surface area contributed by atoms with Gasteiger partial charge in [-0.15, -0.1) is 0 Å². The number of allylic oxidation sites excluding steroid dienone is 2. The van der Waals surface area contributed by atoms with Gasteiger partial charge >= 0.3 is 12.3 Å². The van der Waals surface area contributed by atoms with E-state index in [1.165, 1.54) is 14.2 Å². The van der Waals surface area contributed by atoms with Gasteiger partial charge in [-0.25, -0.2) is 9.59 Å². The first kappa shape index (κ1) is 18.3. The first-order valence-corrected chi connectivity index (χ1v) is 7.64. The van der Waals surface area contributed by atoms with Crippen molar-refractivity contribution in [2.75, 3.05) is 14.2 Å². The zero-order valence-corrected chi connectivity index (χ0v) is 14.5. The standard InChI is InChI=1S/C17H20N2O6/c1-5-12-15(25-17(21)23-4)13(11-7-6-8-18-9-11)14(10(2)19-12)24-16(20)22-3/h6-9,13,19H,5H2,1-4H3. The molecule has 2 heterocycles. The van der Waals surface area contributed by atoms with Crippen LogP contribution >= 0.6 is 0 Å². The minimum absolute atomic E-state index is 0.260. The summed E-state index contributed by atoms with van der Waals surface area (Å²) in [6, 6.07) is 3.54. The number of aromatic nitrogens is 1. The van der Waals surface area contributed by atoms with E-state index >= 15 is 0 Å². The predicted octanol–water partition coefficient (Wildman–Crippen LogP) is 3.19. The summed E-state index contributed by atoms with van der Waals surface area (Å²) in [6.45, 7) is 3.66. The second-order valence-corrected chi connectivity index (χ2v) is 5.14. The van der Waals surface area contributed by atoms with Crippen molar-refractivity contribution in [1.82, 2.24) is 10.3 Å². The molecule has 0 fully saturated rings. The van der Waals surface area contributed by atoms with Crippen molar-refractivity contribution in [3.63, 3.8) is 0 Å². The Kier molecular flexibility index (Phi) is 5.99. The highest BCUT2D eigenvalue weighted by atomic mass is 16.7. The maximum Gasteiger partial charge on any atom is 0.513 e. The molecule has 0 saturated heterocycles. The van der Waals surface area contributed by atoms with E-state index in [1.807, 2.05) is 6.92 Å². The zero-order chi connectivity index (χ0) is 18.4. The summed E-state index contributed by atoms with van der Waals surface area (Å²) in [5.74, 6) is -0.106. The molecule has 1 atom stereocenters. The molecule has 0 bridgehead atoms. The molecule has 1 aromatic heterocycles. The molecule has 0 saturated carbocycles. The van der Waals surface area contributed by atoms with E-state index in [1.54, 1.807) is 31.5 Å². The molecule has 0 aromatic carbocycles. The van der Waals surface area contributed by atoms with Gasteiger partial charge in [-0.1, -0.05) is 13.0 Å². The lowest BCUT2D eigenvalue weighted by molar-refractivity contribution is 0.0783. The van der Waals surface area contributed by atoms with Crippen LogP contribution in [-0.4, -0.2) is 31.5 Å². The largest absolute Gasteiger partial charge is 0.513 e. The highest BCUT2D eigenvalue weighted by Crippen LogP contribution is 2.39. The molecule has 0 radical (unpaired) electrons. The van der Waals surface area contributed by atoms with Gasteiger partial charge in [0.25, 0.3) is 0 Å². The number of hydrogen-bond donors (Lipinski definition) is 1. The fourth-order valence-electron chi connectivity index (χ4n) is 2.49. The van der Waals surface area contributed by atoms with Gasteiger partial charge in [0.05, 0.1) is 25.6 Å². The number of pyridine rings is 1. The normalized spacial score (nSPS) is 16.9. The van der Waals surface area contributed by atoms with Crippen molar-refractivity contribution < 1.29 is 28.5 Å². The average molecular weight is 348 g/mol. The van der Waals surface area contributed by atoms with Crippen molar-refractivity contribution in [2.45, 2.75) is 26.2 Å². The molecule has 1 N–H and O–H groups in total. The Morgan fingerprint density at radius 1 is 1.16 bits per heavy atom. The quantitative estimate of drug-likeness (QED) is 0.829. The van der Waals surface area contributed by atoms with Crippen molar-refractivity contribution in [2.24, 2.45) is 0 Å².